The second-order valence-electron chi connectivity index (χ2n) is 2.83. The van der Waals surface area contributed by atoms with E-state index in [0.717, 1.165) is 9.13 Å². The summed E-state index contributed by atoms with van der Waals surface area (Å²) in [5, 5.41) is 12.2. The van der Waals surface area contributed by atoms with Crippen LogP contribution in [-0.2, 0) is 0 Å². The van der Waals surface area contributed by atoms with E-state index in [1.54, 1.807) is 11.3 Å². The van der Waals surface area contributed by atoms with E-state index in [1.807, 2.05) is 6.07 Å². The molecule has 0 saturated heterocycles. The van der Waals surface area contributed by atoms with Crippen LogP contribution in [0.5, 0.6) is 0 Å². The van der Waals surface area contributed by atoms with Crippen molar-refractivity contribution in [3.05, 3.63) is 32.2 Å². The maximum atomic E-state index is 8.89. The molecule has 3 heteroatoms. The number of halogens is 1. The van der Waals surface area contributed by atoms with Crippen molar-refractivity contribution in [2.24, 2.45) is 0 Å². The molecule has 1 nitrogen and oxygen atoms in total. The van der Waals surface area contributed by atoms with Crippen molar-refractivity contribution >= 4 is 44.0 Å². The minimum Gasteiger partial charge on any atom is -0.192 e. The zero-order chi connectivity index (χ0) is 9.42. The van der Waals surface area contributed by atoms with Gasteiger partial charge in [-0.25, -0.2) is 0 Å². The van der Waals surface area contributed by atoms with Gasteiger partial charge in [-0.15, -0.1) is 11.3 Å². The van der Waals surface area contributed by atoms with Crippen LogP contribution in [-0.4, -0.2) is 0 Å². The SMILES string of the molecule is Cc1cc(C#N)c(I)c2ccsc12. The van der Waals surface area contributed by atoms with Crippen LogP contribution in [0.25, 0.3) is 10.1 Å². The molecule has 64 valence electrons. The fourth-order valence-corrected chi connectivity index (χ4v) is 3.15. The molecule has 2 aromatic rings. The number of fused-ring (bicyclic) bond motifs is 1. The molecule has 0 fully saturated rings. The molecular weight excluding hydrogens is 293 g/mol. The molecule has 0 saturated carbocycles. The van der Waals surface area contributed by atoms with Crippen LogP contribution in [0.4, 0.5) is 0 Å². The summed E-state index contributed by atoms with van der Waals surface area (Å²) in [6.45, 7) is 2.05. The molecule has 2 rings (SSSR count). The minimum atomic E-state index is 0.781. The van der Waals surface area contributed by atoms with Gasteiger partial charge in [0.1, 0.15) is 6.07 Å². The van der Waals surface area contributed by atoms with Crippen molar-refractivity contribution in [3.63, 3.8) is 0 Å². The molecule has 1 heterocycles. The Kier molecular flexibility index (Phi) is 2.26. The van der Waals surface area contributed by atoms with Gasteiger partial charge in [0.05, 0.1) is 5.56 Å². The highest BCUT2D eigenvalue weighted by Gasteiger charge is 2.07. The Balaban J connectivity index is 2.95. The van der Waals surface area contributed by atoms with E-state index >= 15 is 0 Å². The number of hydrogen-bond acceptors (Lipinski definition) is 2. The average molecular weight is 299 g/mol. The van der Waals surface area contributed by atoms with Gasteiger partial charge >= 0.3 is 0 Å². The quantitative estimate of drug-likeness (QED) is 0.681. The number of hydrogen-bond donors (Lipinski definition) is 0. The van der Waals surface area contributed by atoms with E-state index in [9.17, 15) is 0 Å². The Morgan fingerprint density at radius 1 is 1.54 bits per heavy atom. The molecule has 0 bridgehead atoms. The third kappa shape index (κ3) is 1.34. The zero-order valence-corrected chi connectivity index (χ0v) is 9.94. The van der Waals surface area contributed by atoms with E-state index in [0.29, 0.717) is 0 Å². The first kappa shape index (κ1) is 8.97. The molecular formula is C10H6INS. The highest BCUT2D eigenvalue weighted by atomic mass is 127. The Labute approximate surface area is 94.1 Å². The number of thiophene rings is 1. The van der Waals surface area contributed by atoms with Gasteiger partial charge in [0, 0.05) is 13.7 Å². The first-order valence-electron chi connectivity index (χ1n) is 3.80. The number of aryl methyl sites for hydroxylation is 1. The molecule has 0 aliphatic heterocycles. The number of benzene rings is 1. The van der Waals surface area contributed by atoms with Crippen LogP contribution in [0.2, 0.25) is 0 Å². The summed E-state index contributed by atoms with van der Waals surface area (Å²) in [6, 6.07) is 6.25. The minimum absolute atomic E-state index is 0.781. The average Bonchev–Trinajstić information content (AvgIpc) is 2.60. The van der Waals surface area contributed by atoms with Crippen molar-refractivity contribution in [3.8, 4) is 6.07 Å². The van der Waals surface area contributed by atoms with Gasteiger partial charge in [0.25, 0.3) is 0 Å². The second-order valence-corrected chi connectivity index (χ2v) is 4.83. The highest BCUT2D eigenvalue weighted by molar-refractivity contribution is 14.1. The van der Waals surface area contributed by atoms with E-state index in [-0.39, 0.29) is 0 Å². The van der Waals surface area contributed by atoms with E-state index in [1.165, 1.54) is 15.6 Å². The van der Waals surface area contributed by atoms with Crippen LogP contribution in [0.1, 0.15) is 11.1 Å². The van der Waals surface area contributed by atoms with Gasteiger partial charge in [-0.2, -0.15) is 5.26 Å². The number of nitrogens with zero attached hydrogens (tertiary/aromatic N) is 1. The Hall–Kier alpha value is -0.600. The molecule has 1 aromatic carbocycles. The van der Waals surface area contributed by atoms with Gasteiger partial charge in [-0.05, 0) is 52.6 Å². The predicted molar refractivity (Wildman–Crippen MR) is 64.0 cm³/mol. The summed E-state index contributed by atoms with van der Waals surface area (Å²) < 4.78 is 2.37. The van der Waals surface area contributed by atoms with Crippen LogP contribution in [0.3, 0.4) is 0 Å². The van der Waals surface area contributed by atoms with Gasteiger partial charge in [0.15, 0.2) is 0 Å². The lowest BCUT2D eigenvalue weighted by atomic mass is 10.1. The lowest BCUT2D eigenvalue weighted by Gasteiger charge is -2.00. The largest absolute Gasteiger partial charge is 0.192 e. The Morgan fingerprint density at radius 3 is 3.00 bits per heavy atom. The Morgan fingerprint density at radius 2 is 2.31 bits per heavy atom. The van der Waals surface area contributed by atoms with Crippen LogP contribution in [0.15, 0.2) is 17.5 Å². The molecule has 0 aliphatic rings. The van der Waals surface area contributed by atoms with Gasteiger partial charge in [-0.3, -0.25) is 0 Å². The van der Waals surface area contributed by atoms with E-state index in [4.69, 9.17) is 5.26 Å². The normalized spacial score (nSPS) is 10.2. The molecule has 0 unspecified atom stereocenters. The lowest BCUT2D eigenvalue weighted by molar-refractivity contribution is 1.45. The van der Waals surface area contributed by atoms with Crippen LogP contribution in [0, 0.1) is 21.8 Å². The molecule has 0 radical (unpaired) electrons. The smallest absolute Gasteiger partial charge is 0.100 e. The molecule has 0 N–H and O–H groups in total. The number of rotatable bonds is 0. The maximum Gasteiger partial charge on any atom is 0.100 e. The lowest BCUT2D eigenvalue weighted by Crippen LogP contribution is -1.84. The van der Waals surface area contributed by atoms with E-state index < -0.39 is 0 Å². The van der Waals surface area contributed by atoms with Gasteiger partial charge in [0.2, 0.25) is 0 Å². The maximum absolute atomic E-state index is 8.89. The van der Waals surface area contributed by atoms with Gasteiger partial charge in [-0.1, -0.05) is 0 Å². The summed E-state index contributed by atoms with van der Waals surface area (Å²) >= 11 is 3.97. The summed E-state index contributed by atoms with van der Waals surface area (Å²) in [5.41, 5.74) is 1.98. The molecule has 1 aromatic heterocycles. The van der Waals surface area contributed by atoms with Crippen molar-refractivity contribution in [2.75, 3.05) is 0 Å². The predicted octanol–water partition coefficient (Wildman–Crippen LogP) is 3.69. The highest BCUT2D eigenvalue weighted by Crippen LogP contribution is 2.30. The third-order valence-electron chi connectivity index (χ3n) is 1.98. The van der Waals surface area contributed by atoms with Crippen molar-refractivity contribution in [2.45, 2.75) is 6.92 Å². The fraction of sp³-hybridized carbons (Fsp3) is 0.100. The summed E-state index contributed by atoms with van der Waals surface area (Å²) in [4.78, 5) is 0. The molecule has 13 heavy (non-hydrogen) atoms. The summed E-state index contributed by atoms with van der Waals surface area (Å²) in [6.07, 6.45) is 0. The van der Waals surface area contributed by atoms with Crippen molar-refractivity contribution in [1.82, 2.24) is 0 Å². The van der Waals surface area contributed by atoms with Crippen LogP contribution < -0.4 is 0 Å². The third-order valence-corrected chi connectivity index (χ3v) is 4.19. The molecule has 0 spiro atoms. The summed E-state index contributed by atoms with van der Waals surface area (Å²) in [7, 11) is 0. The Bertz CT molecular complexity index is 507. The van der Waals surface area contributed by atoms with Crippen molar-refractivity contribution in [1.29, 1.82) is 5.26 Å². The molecule has 0 aliphatic carbocycles. The number of nitriles is 1. The van der Waals surface area contributed by atoms with Crippen LogP contribution >= 0.6 is 33.9 Å². The standard InChI is InChI=1S/C10H6INS/c1-6-4-7(5-12)9(11)8-2-3-13-10(6)8/h2-4H,1H3. The first-order chi connectivity index (χ1) is 6.24. The monoisotopic (exact) mass is 299 g/mol. The molecule has 0 atom stereocenters. The topological polar surface area (TPSA) is 23.8 Å². The second kappa shape index (κ2) is 3.28. The summed E-state index contributed by atoms with van der Waals surface area (Å²) in [5.74, 6) is 0. The molecule has 0 amide bonds. The first-order valence-corrected chi connectivity index (χ1v) is 5.76. The van der Waals surface area contributed by atoms with Crippen molar-refractivity contribution < 1.29 is 0 Å². The van der Waals surface area contributed by atoms with E-state index in [2.05, 4.69) is 47.0 Å². The fourth-order valence-electron chi connectivity index (χ4n) is 1.36. The van der Waals surface area contributed by atoms with Gasteiger partial charge < -0.3 is 0 Å². The zero-order valence-electron chi connectivity index (χ0n) is 6.97.